The fourth-order valence-electron chi connectivity index (χ4n) is 1.06. The first kappa shape index (κ1) is 6.02. The number of halogens is 1. The number of hydrogen-bond donors (Lipinski definition) is 0. The van der Waals surface area contributed by atoms with Crippen molar-refractivity contribution in [2.45, 2.75) is 25.4 Å². The first-order chi connectivity index (χ1) is 3.83. The highest BCUT2D eigenvalue weighted by Crippen LogP contribution is 2.30. The van der Waals surface area contributed by atoms with Crippen LogP contribution in [-0.2, 0) is 5.11 Å². The minimum atomic E-state index is -0.369. The Morgan fingerprint density at radius 1 is 1.50 bits per heavy atom. The molecule has 1 rings (SSSR count). The standard InChI is InChI=1S/C6H10FO/c7-2-1-5-3-6(8)4-5/h5-6H,1-4H2. The summed E-state index contributed by atoms with van der Waals surface area (Å²) in [5, 5.41) is 10.3. The van der Waals surface area contributed by atoms with Gasteiger partial charge in [-0.05, 0) is 25.2 Å². The van der Waals surface area contributed by atoms with Crippen molar-refractivity contribution in [3.63, 3.8) is 0 Å². The average molecular weight is 117 g/mol. The summed E-state index contributed by atoms with van der Waals surface area (Å²) in [5.41, 5.74) is 0. The second kappa shape index (κ2) is 2.44. The summed E-state index contributed by atoms with van der Waals surface area (Å²) in [6.07, 6.45) is 1.67. The Labute approximate surface area is 48.5 Å². The molecule has 1 fully saturated rings. The molecule has 0 unspecified atom stereocenters. The van der Waals surface area contributed by atoms with E-state index in [1.165, 1.54) is 0 Å². The third kappa shape index (κ3) is 1.19. The summed E-state index contributed by atoms with van der Waals surface area (Å²) in [5.74, 6) is 0.419. The Morgan fingerprint density at radius 3 is 2.50 bits per heavy atom. The van der Waals surface area contributed by atoms with Gasteiger partial charge in [-0.2, -0.15) is 0 Å². The van der Waals surface area contributed by atoms with E-state index in [0.717, 1.165) is 0 Å². The highest BCUT2D eigenvalue weighted by molar-refractivity contribution is 4.77. The lowest BCUT2D eigenvalue weighted by Gasteiger charge is -2.28. The number of alkyl halides is 1. The van der Waals surface area contributed by atoms with E-state index in [1.54, 1.807) is 0 Å². The lowest BCUT2D eigenvalue weighted by Crippen LogP contribution is -2.27. The summed E-state index contributed by atoms with van der Waals surface area (Å²) in [4.78, 5) is 0. The fourth-order valence-corrected chi connectivity index (χ4v) is 1.06. The van der Waals surface area contributed by atoms with E-state index in [9.17, 15) is 9.50 Å². The molecule has 0 amide bonds. The predicted octanol–water partition coefficient (Wildman–Crippen LogP) is 1.56. The summed E-state index contributed by atoms with van der Waals surface area (Å²) in [6, 6.07) is 0. The quantitative estimate of drug-likeness (QED) is 0.523. The van der Waals surface area contributed by atoms with Crippen molar-refractivity contribution in [3.8, 4) is 0 Å². The van der Waals surface area contributed by atoms with E-state index in [1.807, 2.05) is 0 Å². The third-order valence-electron chi connectivity index (χ3n) is 1.71. The summed E-state index contributed by atoms with van der Waals surface area (Å²) in [6.45, 7) is -0.253. The van der Waals surface area contributed by atoms with Crippen molar-refractivity contribution in [2.75, 3.05) is 6.67 Å². The molecule has 0 saturated heterocycles. The van der Waals surface area contributed by atoms with Crippen molar-refractivity contribution in [1.29, 1.82) is 0 Å². The molecule has 0 N–H and O–H groups in total. The van der Waals surface area contributed by atoms with E-state index >= 15 is 0 Å². The molecule has 1 nitrogen and oxygen atoms in total. The summed E-state index contributed by atoms with van der Waals surface area (Å²) < 4.78 is 11.5. The van der Waals surface area contributed by atoms with Crippen molar-refractivity contribution >= 4 is 0 Å². The minimum Gasteiger partial charge on any atom is -0.251 e. The zero-order valence-corrected chi connectivity index (χ0v) is 4.77. The Balaban J connectivity index is 1.98. The van der Waals surface area contributed by atoms with Crippen LogP contribution in [0.25, 0.3) is 0 Å². The van der Waals surface area contributed by atoms with Gasteiger partial charge in [0.2, 0.25) is 0 Å². The van der Waals surface area contributed by atoms with Crippen molar-refractivity contribution in [1.82, 2.24) is 0 Å². The molecule has 0 heterocycles. The van der Waals surface area contributed by atoms with E-state index in [-0.39, 0.29) is 12.8 Å². The maximum atomic E-state index is 11.5. The molecule has 2 heteroatoms. The van der Waals surface area contributed by atoms with Gasteiger partial charge in [0.25, 0.3) is 0 Å². The first-order valence-electron chi connectivity index (χ1n) is 3.04. The first-order valence-corrected chi connectivity index (χ1v) is 3.04. The van der Waals surface area contributed by atoms with Crippen LogP contribution in [0, 0.1) is 5.92 Å². The lowest BCUT2D eigenvalue weighted by atomic mass is 9.81. The van der Waals surface area contributed by atoms with Crippen molar-refractivity contribution in [3.05, 3.63) is 0 Å². The molecule has 0 atom stereocenters. The molecule has 0 aromatic carbocycles. The smallest absolute Gasteiger partial charge is 0.0935 e. The van der Waals surface area contributed by atoms with Gasteiger partial charge in [-0.1, -0.05) is 0 Å². The maximum absolute atomic E-state index is 11.5. The van der Waals surface area contributed by atoms with Crippen LogP contribution in [0.3, 0.4) is 0 Å². The average Bonchev–Trinajstić information content (AvgIpc) is 1.64. The van der Waals surface area contributed by atoms with Gasteiger partial charge in [0.05, 0.1) is 12.8 Å². The van der Waals surface area contributed by atoms with Crippen molar-refractivity contribution in [2.24, 2.45) is 5.92 Å². The van der Waals surface area contributed by atoms with Crippen molar-refractivity contribution < 1.29 is 9.50 Å². The molecule has 0 aromatic rings. The minimum absolute atomic E-state index is 0.253. The molecule has 47 valence electrons. The van der Waals surface area contributed by atoms with Crippen LogP contribution in [0.1, 0.15) is 19.3 Å². The number of hydrogen-bond acceptors (Lipinski definition) is 0. The molecule has 1 aliphatic rings. The molecular weight excluding hydrogens is 107 g/mol. The zero-order valence-electron chi connectivity index (χ0n) is 4.77. The second-order valence-corrected chi connectivity index (χ2v) is 2.44. The molecule has 8 heavy (non-hydrogen) atoms. The van der Waals surface area contributed by atoms with Gasteiger partial charge < -0.3 is 0 Å². The monoisotopic (exact) mass is 117 g/mol. The zero-order chi connectivity index (χ0) is 5.98. The highest BCUT2D eigenvalue weighted by atomic mass is 19.1. The van der Waals surface area contributed by atoms with Crippen LogP contribution in [0.2, 0.25) is 0 Å². The van der Waals surface area contributed by atoms with Gasteiger partial charge in [-0.3, -0.25) is 4.39 Å². The molecule has 0 spiro atoms. The van der Waals surface area contributed by atoms with Crippen LogP contribution < -0.4 is 0 Å². The molecule has 0 aliphatic heterocycles. The number of rotatable bonds is 2. The molecule has 1 aliphatic carbocycles. The second-order valence-electron chi connectivity index (χ2n) is 2.44. The van der Waals surface area contributed by atoms with Crippen LogP contribution in [0.4, 0.5) is 4.39 Å². The molecule has 0 bridgehead atoms. The third-order valence-corrected chi connectivity index (χ3v) is 1.71. The molecule has 1 radical (unpaired) electrons. The van der Waals surface area contributed by atoms with Gasteiger partial charge in [0.1, 0.15) is 0 Å². The van der Waals surface area contributed by atoms with Gasteiger partial charge in [0.15, 0.2) is 0 Å². The largest absolute Gasteiger partial charge is 0.251 e. The lowest BCUT2D eigenvalue weighted by molar-refractivity contribution is -0.0187. The molecule has 1 saturated carbocycles. The van der Waals surface area contributed by atoms with Crippen LogP contribution in [-0.4, -0.2) is 12.8 Å². The van der Waals surface area contributed by atoms with E-state index in [4.69, 9.17) is 0 Å². The maximum Gasteiger partial charge on any atom is 0.0935 e. The Hall–Kier alpha value is -0.110. The van der Waals surface area contributed by atoms with Crippen LogP contribution >= 0.6 is 0 Å². The van der Waals surface area contributed by atoms with Gasteiger partial charge in [-0.25, -0.2) is 5.11 Å². The topological polar surface area (TPSA) is 19.9 Å². The highest BCUT2D eigenvalue weighted by Gasteiger charge is 2.27. The summed E-state index contributed by atoms with van der Waals surface area (Å²) >= 11 is 0. The van der Waals surface area contributed by atoms with Crippen LogP contribution in [0.5, 0.6) is 0 Å². The van der Waals surface area contributed by atoms with E-state index in [0.29, 0.717) is 25.2 Å². The van der Waals surface area contributed by atoms with Gasteiger partial charge >= 0.3 is 0 Å². The van der Waals surface area contributed by atoms with Gasteiger partial charge in [0, 0.05) is 0 Å². The van der Waals surface area contributed by atoms with E-state index < -0.39 is 0 Å². The predicted molar refractivity (Wildman–Crippen MR) is 27.8 cm³/mol. The SMILES string of the molecule is [O]C1CC(CCF)C1. The molecule has 0 aromatic heterocycles. The van der Waals surface area contributed by atoms with Gasteiger partial charge in [-0.15, -0.1) is 0 Å². The Morgan fingerprint density at radius 2 is 2.12 bits per heavy atom. The fraction of sp³-hybridized carbons (Fsp3) is 1.00. The van der Waals surface area contributed by atoms with E-state index in [2.05, 4.69) is 0 Å². The normalized spacial score (nSPS) is 36.8. The Kier molecular flexibility index (Phi) is 1.84. The van der Waals surface area contributed by atoms with Crippen LogP contribution in [0.15, 0.2) is 0 Å². The Bertz CT molecular complexity index is 66.2. The summed E-state index contributed by atoms with van der Waals surface area (Å²) in [7, 11) is 0. The molecular formula is C6H10FO.